The molecule has 2 unspecified atom stereocenters. The molecule has 4 heteroatoms. The van der Waals surface area contributed by atoms with Gasteiger partial charge in [0.1, 0.15) is 0 Å². The van der Waals surface area contributed by atoms with Crippen molar-refractivity contribution in [2.75, 3.05) is 6.79 Å². The Morgan fingerprint density at radius 2 is 1.48 bits per heavy atom. The predicted molar refractivity (Wildman–Crippen MR) is 88.4 cm³/mol. The van der Waals surface area contributed by atoms with E-state index >= 15 is 0 Å². The quantitative estimate of drug-likeness (QED) is 0.433. The maximum atomic E-state index is 12.4. The van der Waals surface area contributed by atoms with Crippen LogP contribution in [0.2, 0.25) is 0 Å². The maximum absolute atomic E-state index is 12.4. The third kappa shape index (κ3) is 2.03. The number of fused-ring (bicyclic) bond motifs is 1. The van der Waals surface area contributed by atoms with Crippen molar-refractivity contribution >= 4 is 11.9 Å². The molecule has 0 amide bonds. The molecule has 0 saturated carbocycles. The third-order valence-electron chi connectivity index (χ3n) is 6.71. The number of rotatable bonds is 5. The highest BCUT2D eigenvalue weighted by atomic mass is 16.7. The zero-order valence-electron chi connectivity index (χ0n) is 15.5. The molecule has 2 atom stereocenters. The lowest BCUT2D eigenvalue weighted by Crippen LogP contribution is -2.60. The van der Waals surface area contributed by atoms with Gasteiger partial charge in [0, 0.05) is 16.4 Å². The van der Waals surface area contributed by atoms with Crippen molar-refractivity contribution in [1.29, 1.82) is 0 Å². The minimum Gasteiger partial charge on any atom is -0.427 e. The van der Waals surface area contributed by atoms with E-state index in [2.05, 4.69) is 27.7 Å². The number of carbonyl (C=O) groups is 2. The van der Waals surface area contributed by atoms with E-state index in [-0.39, 0.29) is 29.6 Å². The normalized spacial score (nSPS) is 29.6. The first-order valence-corrected chi connectivity index (χ1v) is 8.20. The van der Waals surface area contributed by atoms with Crippen molar-refractivity contribution in [3.05, 3.63) is 22.3 Å². The molecule has 4 nitrogen and oxygen atoms in total. The van der Waals surface area contributed by atoms with Crippen LogP contribution in [0, 0.1) is 16.2 Å². The van der Waals surface area contributed by atoms with Gasteiger partial charge in [-0.15, -0.1) is 0 Å². The third-order valence-corrected chi connectivity index (χ3v) is 6.71. The first-order valence-electron chi connectivity index (χ1n) is 8.20. The number of allylic oxidation sites excluding steroid dienone is 3. The summed E-state index contributed by atoms with van der Waals surface area (Å²) in [5.41, 5.74) is 3.51. The summed E-state index contributed by atoms with van der Waals surface area (Å²) in [5, 5.41) is 0. The number of carbonyl (C=O) groups excluding carboxylic acids is 2. The van der Waals surface area contributed by atoms with Gasteiger partial charge < -0.3 is 9.47 Å². The Balaban J connectivity index is 2.01. The van der Waals surface area contributed by atoms with Crippen molar-refractivity contribution in [1.82, 2.24) is 0 Å². The van der Waals surface area contributed by atoms with Crippen LogP contribution in [0.3, 0.4) is 0 Å². The molecule has 0 aromatic rings. The van der Waals surface area contributed by atoms with Gasteiger partial charge in [-0.25, -0.2) is 4.79 Å². The van der Waals surface area contributed by atoms with Crippen molar-refractivity contribution in [3.63, 3.8) is 0 Å². The predicted octanol–water partition coefficient (Wildman–Crippen LogP) is 4.16. The van der Waals surface area contributed by atoms with Gasteiger partial charge in [0.2, 0.25) is 6.79 Å². The molecule has 0 bridgehead atoms. The van der Waals surface area contributed by atoms with Gasteiger partial charge in [-0.05, 0) is 41.0 Å². The monoisotopic (exact) mass is 320 g/mol. The summed E-state index contributed by atoms with van der Waals surface area (Å²) in [6.07, 6.45) is 0.670. The first-order chi connectivity index (χ1) is 10.5. The van der Waals surface area contributed by atoms with E-state index in [1.165, 1.54) is 11.1 Å². The van der Waals surface area contributed by atoms with Gasteiger partial charge in [0.15, 0.2) is 0 Å². The van der Waals surface area contributed by atoms with Crippen LogP contribution in [0.5, 0.6) is 0 Å². The molecule has 0 saturated heterocycles. The fourth-order valence-electron chi connectivity index (χ4n) is 4.00. The highest BCUT2D eigenvalue weighted by molar-refractivity contribution is 5.97. The van der Waals surface area contributed by atoms with E-state index in [9.17, 15) is 9.59 Å². The maximum Gasteiger partial charge on any atom is 0.337 e. The summed E-state index contributed by atoms with van der Waals surface area (Å²) >= 11 is 0. The molecule has 0 spiro atoms. The summed E-state index contributed by atoms with van der Waals surface area (Å²) < 4.78 is 10.3. The summed E-state index contributed by atoms with van der Waals surface area (Å²) in [6.45, 7) is 15.7. The summed E-state index contributed by atoms with van der Waals surface area (Å²) in [6, 6.07) is 0. The molecule has 0 aromatic carbocycles. The van der Waals surface area contributed by atoms with Crippen LogP contribution in [0.1, 0.15) is 61.8 Å². The highest BCUT2D eigenvalue weighted by Crippen LogP contribution is 2.74. The van der Waals surface area contributed by atoms with Gasteiger partial charge >= 0.3 is 11.9 Å². The van der Waals surface area contributed by atoms with Crippen LogP contribution >= 0.6 is 0 Å². The second kappa shape index (κ2) is 5.22. The molecule has 2 aliphatic rings. The van der Waals surface area contributed by atoms with Crippen LogP contribution in [0.15, 0.2) is 22.3 Å². The molecule has 0 aromatic heterocycles. The van der Waals surface area contributed by atoms with Gasteiger partial charge in [0.25, 0.3) is 0 Å². The second-order valence-electron chi connectivity index (χ2n) is 7.72. The fourth-order valence-corrected chi connectivity index (χ4v) is 4.00. The molecule has 2 aliphatic carbocycles. The van der Waals surface area contributed by atoms with Crippen LogP contribution in [-0.4, -0.2) is 18.7 Å². The minimum absolute atomic E-state index is 0.0354. The zero-order valence-corrected chi connectivity index (χ0v) is 15.5. The molecule has 0 N–H and O–H groups in total. The molecule has 0 radical (unpaired) electrons. The average Bonchev–Trinajstić information content (AvgIpc) is 2.52. The lowest BCUT2D eigenvalue weighted by atomic mass is 9.36. The SMILES string of the molecule is CCC(C)(C)C(=O)OCOC(=O)C1=C(C)C2(C)C(C)=C(C)C12C. The van der Waals surface area contributed by atoms with Gasteiger partial charge in [-0.2, -0.15) is 0 Å². The lowest BCUT2D eigenvalue weighted by molar-refractivity contribution is -0.173. The van der Waals surface area contributed by atoms with E-state index in [0.717, 1.165) is 5.57 Å². The molecule has 23 heavy (non-hydrogen) atoms. The Bertz CT molecular complexity index is 638. The summed E-state index contributed by atoms with van der Waals surface area (Å²) in [7, 11) is 0. The Labute approximate surface area is 138 Å². The zero-order chi connectivity index (χ0) is 17.8. The molecule has 0 fully saturated rings. The van der Waals surface area contributed by atoms with E-state index in [1.807, 2.05) is 27.7 Å². The molecule has 128 valence electrons. The number of esters is 2. The van der Waals surface area contributed by atoms with Gasteiger partial charge in [-0.1, -0.05) is 37.5 Å². The Morgan fingerprint density at radius 1 is 0.957 bits per heavy atom. The molecule has 2 rings (SSSR count). The highest BCUT2D eigenvalue weighted by Gasteiger charge is 2.68. The Morgan fingerprint density at radius 3 is 2.00 bits per heavy atom. The lowest BCUT2D eigenvalue weighted by Gasteiger charge is -2.66. The van der Waals surface area contributed by atoms with Crippen molar-refractivity contribution in [2.45, 2.75) is 61.8 Å². The summed E-state index contributed by atoms with van der Waals surface area (Å²) in [5.74, 6) is -0.727. The standard InChI is InChI=1S/C19H28O4/c1-9-17(5,6)16(21)23-10-22-15(20)14-13(4)18(7)11(2)12(3)19(14,18)8/h9-10H2,1-8H3. The largest absolute Gasteiger partial charge is 0.427 e. The van der Waals surface area contributed by atoms with Gasteiger partial charge in [0.05, 0.1) is 5.41 Å². The number of hydrogen-bond donors (Lipinski definition) is 0. The van der Waals surface area contributed by atoms with E-state index < -0.39 is 5.41 Å². The van der Waals surface area contributed by atoms with Crippen LogP contribution in [0.25, 0.3) is 0 Å². The van der Waals surface area contributed by atoms with Crippen molar-refractivity contribution in [2.24, 2.45) is 16.2 Å². The Hall–Kier alpha value is -1.58. The minimum atomic E-state index is -0.562. The molecule has 0 heterocycles. The second-order valence-corrected chi connectivity index (χ2v) is 7.72. The van der Waals surface area contributed by atoms with Crippen LogP contribution in [0.4, 0.5) is 0 Å². The molecule has 0 aliphatic heterocycles. The van der Waals surface area contributed by atoms with Crippen LogP contribution < -0.4 is 0 Å². The Kier molecular flexibility index (Phi) is 4.03. The fraction of sp³-hybridized carbons (Fsp3) is 0.684. The average molecular weight is 320 g/mol. The molecular formula is C19H28O4. The smallest absolute Gasteiger partial charge is 0.337 e. The first kappa shape index (κ1) is 17.8. The summed E-state index contributed by atoms with van der Waals surface area (Å²) in [4.78, 5) is 24.3. The topological polar surface area (TPSA) is 52.6 Å². The van der Waals surface area contributed by atoms with Crippen molar-refractivity contribution < 1.29 is 19.1 Å². The van der Waals surface area contributed by atoms with E-state index in [0.29, 0.717) is 12.0 Å². The van der Waals surface area contributed by atoms with Crippen LogP contribution in [-0.2, 0) is 19.1 Å². The van der Waals surface area contributed by atoms with Crippen molar-refractivity contribution in [3.8, 4) is 0 Å². The number of ether oxygens (including phenoxy) is 2. The van der Waals surface area contributed by atoms with E-state index in [1.54, 1.807) is 0 Å². The molecular weight excluding hydrogens is 292 g/mol. The van der Waals surface area contributed by atoms with Gasteiger partial charge in [-0.3, -0.25) is 4.79 Å². The van der Waals surface area contributed by atoms with E-state index in [4.69, 9.17) is 9.47 Å². The number of hydrogen-bond acceptors (Lipinski definition) is 4.